The number of methoxy groups -OCH3 is 2. The minimum absolute atomic E-state index is 0.133. The van der Waals surface area contributed by atoms with Gasteiger partial charge in [-0.3, -0.25) is 5.32 Å². The Morgan fingerprint density at radius 3 is 2.19 bits per heavy atom. The molecule has 0 aliphatic heterocycles. The molecule has 0 fully saturated rings. The van der Waals surface area contributed by atoms with Crippen molar-refractivity contribution in [2.24, 2.45) is 11.5 Å². The molecule has 0 aliphatic rings. The number of hydrogen-bond acceptors (Lipinski definition) is 13. The van der Waals surface area contributed by atoms with Gasteiger partial charge in [0.1, 0.15) is 16.4 Å². The number of thiazole rings is 1. The Morgan fingerprint density at radius 1 is 0.885 bits per heavy atom. The average Bonchev–Trinajstić information content (AvgIpc) is 3.77. The summed E-state index contributed by atoms with van der Waals surface area (Å²) in [5.74, 6) is 0.527. The zero-order valence-electron chi connectivity index (χ0n) is 27.8. The van der Waals surface area contributed by atoms with Gasteiger partial charge in [-0.1, -0.05) is 53.8 Å². The third kappa shape index (κ3) is 7.72. The fourth-order valence-electron chi connectivity index (χ4n) is 5.41. The van der Waals surface area contributed by atoms with E-state index >= 15 is 0 Å². The first-order valence-corrected chi connectivity index (χ1v) is 19.5. The smallest absolute Gasteiger partial charge is 0.318 e. The SMILES string of the molecule is COc1ccc(CNS(=O)(=O)c2c(S(=O)(=O)CCN)ccc(-c3cccc4sc(NC(N)=O)nc34)c2-c2nnn(Cc3ccc(OC)cc3)n2)cc1. The summed E-state index contributed by atoms with van der Waals surface area (Å²) in [5.41, 5.74) is 13.3. The third-order valence-corrected chi connectivity index (χ3v) is 12.2. The van der Waals surface area contributed by atoms with Gasteiger partial charge >= 0.3 is 6.03 Å². The van der Waals surface area contributed by atoms with Crippen molar-refractivity contribution in [3.05, 3.63) is 90.0 Å². The largest absolute Gasteiger partial charge is 0.497 e. The second-order valence-electron chi connectivity index (χ2n) is 11.2. The predicted octanol–water partition coefficient (Wildman–Crippen LogP) is 3.38. The van der Waals surface area contributed by atoms with E-state index in [9.17, 15) is 21.6 Å². The van der Waals surface area contributed by atoms with Crippen LogP contribution in [0.2, 0.25) is 0 Å². The molecule has 2 amide bonds. The first-order valence-electron chi connectivity index (χ1n) is 15.5. The molecule has 0 bridgehead atoms. The number of primary amides is 1. The Balaban J connectivity index is 1.58. The maximum Gasteiger partial charge on any atom is 0.318 e. The van der Waals surface area contributed by atoms with Crippen molar-refractivity contribution in [1.82, 2.24) is 29.9 Å². The molecule has 0 saturated carbocycles. The Morgan fingerprint density at radius 2 is 1.56 bits per heavy atom. The minimum Gasteiger partial charge on any atom is -0.497 e. The zero-order valence-corrected chi connectivity index (χ0v) is 30.3. The molecule has 0 radical (unpaired) electrons. The Kier molecular flexibility index (Phi) is 10.5. The fourth-order valence-corrected chi connectivity index (χ4v) is 9.51. The first kappa shape index (κ1) is 36.3. The van der Waals surface area contributed by atoms with Crippen LogP contribution in [0.4, 0.5) is 9.93 Å². The van der Waals surface area contributed by atoms with Crippen LogP contribution in [0.25, 0.3) is 32.7 Å². The van der Waals surface area contributed by atoms with E-state index in [4.69, 9.17) is 20.9 Å². The summed E-state index contributed by atoms with van der Waals surface area (Å²) in [6.45, 7) is -0.296. The monoisotopic (exact) mass is 763 g/mol. The van der Waals surface area contributed by atoms with Crippen molar-refractivity contribution in [3.8, 4) is 34.0 Å². The highest BCUT2D eigenvalue weighted by Gasteiger charge is 2.34. The molecule has 52 heavy (non-hydrogen) atoms. The number of aromatic nitrogens is 5. The van der Waals surface area contributed by atoms with E-state index in [-0.39, 0.29) is 41.7 Å². The van der Waals surface area contributed by atoms with Crippen LogP contribution in [0.15, 0.2) is 88.7 Å². The summed E-state index contributed by atoms with van der Waals surface area (Å²) in [6, 6.07) is 20.9. The molecule has 2 heterocycles. The number of carbonyl (C=O) groups is 1. The van der Waals surface area contributed by atoms with Gasteiger partial charge < -0.3 is 20.9 Å². The van der Waals surface area contributed by atoms with Gasteiger partial charge in [-0.25, -0.2) is 31.3 Å². The molecule has 0 spiro atoms. The molecule has 16 nitrogen and oxygen atoms in total. The Hall–Kier alpha value is -5.47. The number of sulfone groups is 1. The summed E-state index contributed by atoms with van der Waals surface area (Å²) >= 11 is 1.15. The number of ether oxygens (including phenoxy) is 2. The molecule has 270 valence electrons. The average molecular weight is 764 g/mol. The van der Waals surface area contributed by atoms with Crippen molar-refractivity contribution < 1.29 is 31.1 Å². The lowest BCUT2D eigenvalue weighted by Gasteiger charge is -2.18. The number of nitrogens with two attached hydrogens (primary N) is 2. The predicted molar refractivity (Wildman–Crippen MR) is 195 cm³/mol. The van der Waals surface area contributed by atoms with E-state index in [1.807, 2.05) is 12.1 Å². The van der Waals surface area contributed by atoms with Gasteiger partial charge in [0.15, 0.2) is 15.0 Å². The van der Waals surface area contributed by atoms with Crippen molar-refractivity contribution in [3.63, 3.8) is 0 Å². The number of rotatable bonds is 14. The second-order valence-corrected chi connectivity index (χ2v) is 16.1. The zero-order chi connectivity index (χ0) is 37.0. The number of fused-ring (bicyclic) bond motifs is 1. The molecule has 0 saturated heterocycles. The van der Waals surface area contributed by atoms with Gasteiger partial charge in [0, 0.05) is 18.7 Å². The fraction of sp³-hybridized carbons (Fsp3) is 0.182. The standard InChI is InChI=1S/C33H33N9O7S3/c1-48-22-10-6-20(7-11-22)18-36-52(46,47)30-27(51(44,45)17-16-34)15-14-24(25-4-3-5-26-29(25)37-33(50-26)38-32(35)43)28(30)31-39-41-42(40-31)19-21-8-12-23(49-2)13-9-21/h3-15,36H,16-19,34H2,1-2H3,(H3,35,37,38,43). The summed E-state index contributed by atoms with van der Waals surface area (Å²) in [5, 5.41) is 15.7. The number of nitrogens with zero attached hydrogens (tertiary/aromatic N) is 5. The molecule has 6 N–H and O–H groups in total. The molecular formula is C33H33N9O7S3. The van der Waals surface area contributed by atoms with Crippen LogP contribution in [-0.2, 0) is 33.0 Å². The van der Waals surface area contributed by atoms with Crippen molar-refractivity contribution in [2.45, 2.75) is 22.9 Å². The van der Waals surface area contributed by atoms with E-state index in [1.54, 1.807) is 61.7 Å². The van der Waals surface area contributed by atoms with E-state index in [1.165, 1.54) is 24.0 Å². The molecule has 0 aliphatic carbocycles. The molecule has 0 unspecified atom stereocenters. The van der Waals surface area contributed by atoms with E-state index in [0.717, 1.165) is 16.9 Å². The van der Waals surface area contributed by atoms with Crippen LogP contribution in [0.1, 0.15) is 11.1 Å². The van der Waals surface area contributed by atoms with Crippen LogP contribution < -0.4 is 31.0 Å². The van der Waals surface area contributed by atoms with Gasteiger partial charge in [-0.15, -0.1) is 10.2 Å². The number of tetrazole rings is 1. The number of nitrogens with one attached hydrogen (secondary N) is 2. The number of amides is 2. The normalized spacial score (nSPS) is 11.8. The number of carbonyl (C=O) groups excluding carboxylic acids is 1. The number of anilines is 1. The number of hydrogen-bond donors (Lipinski definition) is 4. The number of benzene rings is 4. The molecule has 4 aromatic carbocycles. The van der Waals surface area contributed by atoms with E-state index < -0.39 is 41.4 Å². The van der Waals surface area contributed by atoms with Gasteiger partial charge in [-0.05, 0) is 58.3 Å². The van der Waals surface area contributed by atoms with Crippen LogP contribution in [0.5, 0.6) is 11.5 Å². The lowest BCUT2D eigenvalue weighted by atomic mass is 9.98. The van der Waals surface area contributed by atoms with Crippen LogP contribution in [-0.4, -0.2) is 74.6 Å². The third-order valence-electron chi connectivity index (χ3n) is 7.84. The summed E-state index contributed by atoms with van der Waals surface area (Å²) in [6.07, 6.45) is 0. The van der Waals surface area contributed by atoms with Crippen LogP contribution in [0.3, 0.4) is 0 Å². The number of urea groups is 1. The van der Waals surface area contributed by atoms with Gasteiger partial charge in [0.25, 0.3) is 0 Å². The Bertz CT molecular complexity index is 2470. The molecule has 6 rings (SSSR count). The molecule has 0 atom stereocenters. The van der Waals surface area contributed by atoms with Crippen LogP contribution >= 0.6 is 11.3 Å². The molecule has 2 aromatic heterocycles. The highest BCUT2D eigenvalue weighted by Crippen LogP contribution is 2.43. The summed E-state index contributed by atoms with van der Waals surface area (Å²) < 4.78 is 70.2. The highest BCUT2D eigenvalue weighted by atomic mass is 32.2. The lowest BCUT2D eigenvalue weighted by molar-refractivity contribution is 0.259. The first-order chi connectivity index (χ1) is 24.9. The molecule has 6 aromatic rings. The summed E-state index contributed by atoms with van der Waals surface area (Å²) in [7, 11) is -5.87. The lowest BCUT2D eigenvalue weighted by Crippen LogP contribution is -2.27. The quantitative estimate of drug-likeness (QED) is 0.125. The van der Waals surface area contributed by atoms with E-state index in [0.29, 0.717) is 32.8 Å². The summed E-state index contributed by atoms with van der Waals surface area (Å²) in [4.78, 5) is 16.4. The van der Waals surface area contributed by atoms with E-state index in [2.05, 4.69) is 30.4 Å². The van der Waals surface area contributed by atoms with Crippen molar-refractivity contribution >= 4 is 52.6 Å². The van der Waals surface area contributed by atoms with Gasteiger partial charge in [0.05, 0.1) is 47.2 Å². The minimum atomic E-state index is -4.66. The van der Waals surface area contributed by atoms with Gasteiger partial charge in [0.2, 0.25) is 15.8 Å². The second kappa shape index (κ2) is 15.0. The van der Waals surface area contributed by atoms with Crippen LogP contribution in [0, 0.1) is 0 Å². The van der Waals surface area contributed by atoms with Gasteiger partial charge in [-0.2, -0.15) is 4.80 Å². The number of para-hydroxylation sites is 1. The van der Waals surface area contributed by atoms with Crippen molar-refractivity contribution in [2.75, 3.05) is 31.8 Å². The topological polar surface area (TPSA) is 236 Å². The Labute approximate surface area is 302 Å². The number of sulfonamides is 1. The van der Waals surface area contributed by atoms with Crippen molar-refractivity contribution in [1.29, 1.82) is 0 Å². The maximum absolute atomic E-state index is 14.5. The molecule has 19 heteroatoms. The molecular weight excluding hydrogens is 731 g/mol. The highest BCUT2D eigenvalue weighted by molar-refractivity contribution is 7.93. The maximum atomic E-state index is 14.5.